The molecule has 1 rings (SSSR count). The highest BCUT2D eigenvalue weighted by Gasteiger charge is 1.79. The zero-order valence-corrected chi connectivity index (χ0v) is 4.11. The van der Waals surface area contributed by atoms with Crippen molar-refractivity contribution in [1.82, 2.24) is 10.4 Å². The summed E-state index contributed by atoms with van der Waals surface area (Å²) in [6, 6.07) is 0. The summed E-state index contributed by atoms with van der Waals surface area (Å²) in [6.07, 6.45) is 1.45. The molecule has 0 bridgehead atoms. The maximum Gasteiger partial charge on any atom is 0.151 e. The van der Waals surface area contributed by atoms with Crippen molar-refractivity contribution >= 4 is 14.7 Å². The van der Waals surface area contributed by atoms with Gasteiger partial charge in [-0.2, -0.15) is 0 Å². The molecule has 6 heavy (non-hydrogen) atoms. The van der Waals surface area contributed by atoms with Gasteiger partial charge in [-0.25, -0.2) is 0 Å². The Labute approximate surface area is 36.9 Å². The Kier molecular flexibility index (Phi) is 0.843. The second kappa shape index (κ2) is 1.35. The van der Waals surface area contributed by atoms with E-state index < -0.39 is 0 Å². The van der Waals surface area contributed by atoms with Crippen LogP contribution in [0.15, 0.2) is 10.8 Å². The lowest BCUT2D eigenvalue weighted by atomic mass is 11.0. The molecule has 1 aromatic heterocycles. The Bertz CT molecular complexity index is 115. The third kappa shape index (κ3) is 0.546. The van der Waals surface area contributed by atoms with Crippen LogP contribution in [0.5, 0.6) is 0 Å². The third-order valence-corrected chi connectivity index (χ3v) is 0.628. The van der Waals surface area contributed by atoms with Crippen LogP contribution < -0.4 is 5.44 Å². The van der Waals surface area contributed by atoms with E-state index in [-0.39, 0.29) is 0 Å². The Morgan fingerprint density at radius 1 is 1.83 bits per heavy atom. The summed E-state index contributed by atoms with van der Waals surface area (Å²) in [5.74, 6) is 0. The van der Waals surface area contributed by atoms with Gasteiger partial charge in [-0.1, -0.05) is 9.24 Å². The number of hydrogen-bond donors (Lipinski definition) is 0. The fraction of sp³-hybridized carbons (Fsp3) is 0. The summed E-state index contributed by atoms with van der Waals surface area (Å²) in [5.41, 5.74) is 0.731. The highest BCUT2D eigenvalue weighted by molar-refractivity contribution is 7.26. The van der Waals surface area contributed by atoms with Crippen LogP contribution in [0.25, 0.3) is 0 Å². The lowest BCUT2D eigenvalue weighted by Gasteiger charge is -1.58. The summed E-state index contributed by atoms with van der Waals surface area (Å²) in [7, 11) is 2.35. The molecule has 0 saturated carbocycles. The van der Waals surface area contributed by atoms with E-state index in [0.717, 1.165) is 5.44 Å². The predicted molar refractivity (Wildman–Crippen MR) is 23.6 cm³/mol. The van der Waals surface area contributed by atoms with Gasteiger partial charge < -0.3 is 4.52 Å². The molecular weight excluding hydrogens is 99.0 g/mol. The average Bonchev–Trinajstić information content (AvgIpc) is 1.86. The molecule has 0 fully saturated rings. The topological polar surface area (TPSA) is 38.9 Å². The number of hydrogen-bond acceptors (Lipinski definition) is 3. The van der Waals surface area contributed by atoms with E-state index in [4.69, 9.17) is 0 Å². The minimum absolute atomic E-state index is 0.731. The zero-order valence-electron chi connectivity index (χ0n) is 2.96. The fourth-order valence-corrected chi connectivity index (χ4v) is 0.280. The van der Waals surface area contributed by atoms with Crippen LogP contribution in [0.4, 0.5) is 0 Å². The van der Waals surface area contributed by atoms with Crippen molar-refractivity contribution in [3.63, 3.8) is 0 Å². The van der Waals surface area contributed by atoms with Crippen LogP contribution in [0, 0.1) is 0 Å². The van der Waals surface area contributed by atoms with Crippen molar-refractivity contribution in [2.75, 3.05) is 0 Å². The summed E-state index contributed by atoms with van der Waals surface area (Å²) >= 11 is 0. The van der Waals surface area contributed by atoms with E-state index in [9.17, 15) is 0 Å². The van der Waals surface area contributed by atoms with Crippen molar-refractivity contribution in [3.05, 3.63) is 6.26 Å². The minimum Gasteiger partial charge on any atom is -0.345 e. The molecule has 0 saturated heterocycles. The number of nitrogens with zero attached hydrogens (tertiary/aromatic N) is 2. The lowest BCUT2D eigenvalue weighted by molar-refractivity contribution is 0.393. The first kappa shape index (κ1) is 3.75. The molecule has 0 aliphatic rings. The van der Waals surface area contributed by atoms with E-state index >= 15 is 0 Å². The smallest absolute Gasteiger partial charge is 0.151 e. The first-order chi connectivity index (χ1) is 2.89. The minimum atomic E-state index is 0.731. The van der Waals surface area contributed by atoms with E-state index in [1.807, 2.05) is 0 Å². The molecule has 0 N–H and O–H groups in total. The van der Waals surface area contributed by atoms with Crippen molar-refractivity contribution in [2.24, 2.45) is 0 Å². The fourth-order valence-electron chi connectivity index (χ4n) is 0.172. The van der Waals surface area contributed by atoms with Crippen molar-refractivity contribution < 1.29 is 4.52 Å². The van der Waals surface area contributed by atoms with Crippen LogP contribution in [-0.2, 0) is 0 Å². The number of aromatic nitrogens is 2. The second-order valence-electron chi connectivity index (χ2n) is 0.830. The van der Waals surface area contributed by atoms with Gasteiger partial charge in [0.15, 0.2) is 6.26 Å². The first-order valence-corrected chi connectivity index (χ1v) is 2.00. The Morgan fingerprint density at radius 3 is 2.83 bits per heavy atom. The zero-order chi connectivity index (χ0) is 4.41. The van der Waals surface area contributed by atoms with Gasteiger partial charge in [0.1, 0.15) is 5.44 Å². The van der Waals surface area contributed by atoms with Gasteiger partial charge >= 0.3 is 0 Å². The third-order valence-electron chi connectivity index (χ3n) is 0.377. The molecule has 4 heteroatoms. The Balaban J connectivity index is 3.05. The average molecular weight is 102 g/mol. The SMILES string of the molecule is Pc1conn1. The number of rotatable bonds is 0. The first-order valence-electron chi connectivity index (χ1n) is 1.42. The standard InChI is InChI=1S/C2H3N2OP/c6-2-1-5-4-3-2/h1H,6H2. The van der Waals surface area contributed by atoms with Gasteiger partial charge in [0.25, 0.3) is 0 Å². The van der Waals surface area contributed by atoms with E-state index in [1.165, 1.54) is 6.26 Å². The van der Waals surface area contributed by atoms with Crippen LogP contribution in [0.2, 0.25) is 0 Å². The molecule has 1 aromatic rings. The molecule has 1 atom stereocenters. The van der Waals surface area contributed by atoms with Gasteiger partial charge in [-0.05, 0) is 0 Å². The summed E-state index contributed by atoms with van der Waals surface area (Å²) < 4.78 is 4.33. The van der Waals surface area contributed by atoms with E-state index in [0.29, 0.717) is 0 Å². The molecule has 1 unspecified atom stereocenters. The van der Waals surface area contributed by atoms with Gasteiger partial charge in [0.2, 0.25) is 0 Å². The molecule has 1 heterocycles. The van der Waals surface area contributed by atoms with Crippen LogP contribution in [-0.4, -0.2) is 10.4 Å². The maximum absolute atomic E-state index is 4.33. The van der Waals surface area contributed by atoms with Crippen molar-refractivity contribution in [3.8, 4) is 0 Å². The van der Waals surface area contributed by atoms with Crippen LogP contribution >= 0.6 is 9.24 Å². The monoisotopic (exact) mass is 102 g/mol. The molecule has 0 spiro atoms. The second-order valence-corrected chi connectivity index (χ2v) is 1.42. The van der Waals surface area contributed by atoms with E-state index in [2.05, 4.69) is 24.1 Å². The largest absolute Gasteiger partial charge is 0.345 e. The highest BCUT2D eigenvalue weighted by Crippen LogP contribution is 1.76. The molecule has 32 valence electrons. The summed E-state index contributed by atoms with van der Waals surface area (Å²) in [6.45, 7) is 0. The molecule has 3 nitrogen and oxygen atoms in total. The molecule has 0 radical (unpaired) electrons. The van der Waals surface area contributed by atoms with Gasteiger partial charge in [0.05, 0.1) is 0 Å². The van der Waals surface area contributed by atoms with Crippen molar-refractivity contribution in [2.45, 2.75) is 0 Å². The highest BCUT2D eigenvalue weighted by atomic mass is 31.0. The van der Waals surface area contributed by atoms with Crippen LogP contribution in [0.3, 0.4) is 0 Å². The van der Waals surface area contributed by atoms with Crippen LogP contribution in [0.1, 0.15) is 0 Å². The Hall–Kier alpha value is -0.430. The summed E-state index contributed by atoms with van der Waals surface area (Å²) in [5, 5.41) is 6.64. The normalized spacial score (nSPS) is 8.83. The summed E-state index contributed by atoms with van der Waals surface area (Å²) in [4.78, 5) is 0. The molecule has 0 aromatic carbocycles. The van der Waals surface area contributed by atoms with E-state index in [1.54, 1.807) is 0 Å². The van der Waals surface area contributed by atoms with Crippen molar-refractivity contribution in [1.29, 1.82) is 0 Å². The van der Waals surface area contributed by atoms with Gasteiger partial charge in [0, 0.05) is 5.27 Å². The molecular formula is C2H3N2OP. The predicted octanol–water partition coefficient (Wildman–Crippen LogP) is -0.430. The van der Waals surface area contributed by atoms with Gasteiger partial charge in [-0.15, -0.1) is 5.10 Å². The quantitative estimate of drug-likeness (QED) is 0.417. The molecule has 0 aliphatic heterocycles. The van der Waals surface area contributed by atoms with Gasteiger partial charge in [-0.3, -0.25) is 0 Å². The lowest BCUT2D eigenvalue weighted by Crippen LogP contribution is -1.85. The molecule has 0 amide bonds. The molecule has 0 aliphatic carbocycles. The Morgan fingerprint density at radius 2 is 2.67 bits per heavy atom. The maximum atomic E-state index is 4.33.